The highest BCUT2D eigenvalue weighted by atomic mass is 16.6. The topological polar surface area (TPSA) is 77.3 Å². The van der Waals surface area contributed by atoms with Gasteiger partial charge in [-0.2, -0.15) is 0 Å². The Morgan fingerprint density at radius 2 is 1.77 bits per heavy atom. The van der Waals surface area contributed by atoms with Crippen LogP contribution >= 0.6 is 0 Å². The molecule has 7 heteroatoms. The Balaban J connectivity index is 1.59. The molecule has 0 aromatic heterocycles. The number of hydrogen-bond acceptors (Lipinski definition) is 6. The first-order chi connectivity index (χ1) is 14.7. The number of amides is 1. The minimum absolute atomic E-state index is 0.0222. The molecule has 0 bridgehead atoms. The average molecular weight is 428 g/mol. The highest BCUT2D eigenvalue weighted by Crippen LogP contribution is 2.30. The van der Waals surface area contributed by atoms with Gasteiger partial charge in [-0.25, -0.2) is 4.79 Å². The molecule has 3 rings (SSSR count). The molecule has 0 aliphatic carbocycles. The van der Waals surface area contributed by atoms with E-state index < -0.39 is 5.60 Å². The smallest absolute Gasteiger partial charge is 0.410 e. The maximum absolute atomic E-state index is 12.4. The highest BCUT2D eigenvalue weighted by Gasteiger charge is 2.31. The summed E-state index contributed by atoms with van der Waals surface area (Å²) in [5.41, 5.74) is 8.50. The average Bonchev–Trinajstić information content (AvgIpc) is 2.71. The van der Waals surface area contributed by atoms with Gasteiger partial charge in [0.2, 0.25) is 0 Å². The largest absolute Gasteiger partial charge is 0.497 e. The van der Waals surface area contributed by atoms with Crippen LogP contribution < -0.4 is 20.1 Å². The van der Waals surface area contributed by atoms with Crippen LogP contribution in [0, 0.1) is 0 Å². The maximum Gasteiger partial charge on any atom is 0.410 e. The normalized spacial score (nSPS) is 16.7. The van der Waals surface area contributed by atoms with Gasteiger partial charge < -0.3 is 29.7 Å². The van der Waals surface area contributed by atoms with Gasteiger partial charge in [0, 0.05) is 31.7 Å². The third-order valence-corrected chi connectivity index (χ3v) is 5.16. The summed E-state index contributed by atoms with van der Waals surface area (Å²) in [7, 11) is 1.65. The fraction of sp³-hybridized carbons (Fsp3) is 0.458. The summed E-state index contributed by atoms with van der Waals surface area (Å²) in [5.74, 6) is 1.54. The summed E-state index contributed by atoms with van der Waals surface area (Å²) in [4.78, 5) is 16.4. The molecule has 7 nitrogen and oxygen atoms in total. The molecular weight excluding hydrogens is 394 g/mol. The lowest BCUT2D eigenvalue weighted by molar-refractivity contribution is 0.0159. The van der Waals surface area contributed by atoms with Crippen molar-refractivity contribution in [3.63, 3.8) is 0 Å². The lowest BCUT2D eigenvalue weighted by Crippen LogP contribution is -2.55. The maximum atomic E-state index is 12.4. The lowest BCUT2D eigenvalue weighted by Gasteiger charge is -2.41. The van der Waals surface area contributed by atoms with E-state index in [-0.39, 0.29) is 12.1 Å². The van der Waals surface area contributed by atoms with Crippen LogP contribution in [0.1, 0.15) is 33.3 Å². The Labute approximate surface area is 184 Å². The molecule has 31 heavy (non-hydrogen) atoms. The molecule has 2 aromatic carbocycles. The Morgan fingerprint density at radius 1 is 1.10 bits per heavy atom. The van der Waals surface area contributed by atoms with E-state index >= 15 is 0 Å². The predicted molar refractivity (Wildman–Crippen MR) is 123 cm³/mol. The zero-order chi connectivity index (χ0) is 22.6. The fourth-order valence-corrected chi connectivity index (χ4v) is 3.57. The number of rotatable bonds is 5. The highest BCUT2D eigenvalue weighted by molar-refractivity contribution is 5.72. The van der Waals surface area contributed by atoms with Crippen molar-refractivity contribution in [2.75, 3.05) is 37.4 Å². The number of ether oxygens (including phenoxy) is 3. The van der Waals surface area contributed by atoms with E-state index in [1.165, 1.54) is 0 Å². The number of anilines is 2. The Morgan fingerprint density at radius 3 is 2.35 bits per heavy atom. The second-order valence-electron chi connectivity index (χ2n) is 8.83. The number of benzene rings is 2. The first-order valence-electron chi connectivity index (χ1n) is 10.6. The number of nitrogen functional groups attached to an aromatic ring is 1. The van der Waals surface area contributed by atoms with Gasteiger partial charge in [-0.15, -0.1) is 0 Å². The van der Waals surface area contributed by atoms with Gasteiger partial charge in [-0.3, -0.25) is 0 Å². The van der Waals surface area contributed by atoms with Crippen molar-refractivity contribution in [2.45, 2.75) is 45.9 Å². The summed E-state index contributed by atoms with van der Waals surface area (Å²) in [6.45, 7) is 10.1. The molecule has 2 N–H and O–H groups in total. The van der Waals surface area contributed by atoms with Crippen LogP contribution in [0.5, 0.6) is 11.5 Å². The van der Waals surface area contributed by atoms with E-state index in [0.29, 0.717) is 31.9 Å². The predicted octanol–water partition coefficient (Wildman–Crippen LogP) is 4.30. The Hall–Kier alpha value is -3.09. The SMILES string of the molecule is COc1ccc(COc2ccc(N3CCN(C(=O)OC(C)(C)C)[C@H](C)C3)c(N)c2)cc1. The number of piperazine rings is 1. The molecule has 168 valence electrons. The summed E-state index contributed by atoms with van der Waals surface area (Å²) in [5, 5.41) is 0. The van der Waals surface area contributed by atoms with Crippen molar-refractivity contribution >= 4 is 17.5 Å². The van der Waals surface area contributed by atoms with E-state index in [0.717, 1.165) is 22.7 Å². The van der Waals surface area contributed by atoms with Crippen molar-refractivity contribution in [2.24, 2.45) is 0 Å². The number of methoxy groups -OCH3 is 1. The van der Waals surface area contributed by atoms with Crippen molar-refractivity contribution < 1.29 is 19.0 Å². The molecule has 1 fully saturated rings. The van der Waals surface area contributed by atoms with E-state index in [1.807, 2.05) is 70.2 Å². The van der Waals surface area contributed by atoms with Gasteiger partial charge in [0.05, 0.1) is 18.5 Å². The van der Waals surface area contributed by atoms with Crippen molar-refractivity contribution in [1.82, 2.24) is 4.90 Å². The number of hydrogen-bond donors (Lipinski definition) is 1. The van der Waals surface area contributed by atoms with Gasteiger partial charge in [0.25, 0.3) is 0 Å². The minimum atomic E-state index is -0.500. The van der Waals surface area contributed by atoms with E-state index in [4.69, 9.17) is 19.9 Å². The minimum Gasteiger partial charge on any atom is -0.497 e. The molecule has 1 aliphatic rings. The summed E-state index contributed by atoms with van der Waals surface area (Å²) < 4.78 is 16.6. The van der Waals surface area contributed by atoms with Gasteiger partial charge >= 0.3 is 6.09 Å². The molecule has 1 amide bonds. The molecule has 1 heterocycles. The van der Waals surface area contributed by atoms with Gasteiger partial charge in [-0.1, -0.05) is 12.1 Å². The molecule has 1 aliphatic heterocycles. The van der Waals surface area contributed by atoms with E-state index in [1.54, 1.807) is 12.0 Å². The molecule has 0 radical (unpaired) electrons. The second kappa shape index (κ2) is 9.37. The molecular formula is C24H33N3O4. The summed E-state index contributed by atoms with van der Waals surface area (Å²) in [6.07, 6.45) is -0.269. The van der Waals surface area contributed by atoms with E-state index in [9.17, 15) is 4.79 Å². The van der Waals surface area contributed by atoms with Crippen molar-refractivity contribution in [3.8, 4) is 11.5 Å². The number of carbonyl (C=O) groups excluding carboxylic acids is 1. The van der Waals surface area contributed by atoms with E-state index in [2.05, 4.69) is 4.90 Å². The van der Waals surface area contributed by atoms with Crippen LogP contribution in [0.25, 0.3) is 0 Å². The van der Waals surface area contributed by atoms with Gasteiger partial charge in [-0.05, 0) is 57.5 Å². The molecule has 0 unspecified atom stereocenters. The number of nitrogens with two attached hydrogens (primary N) is 1. The standard InChI is InChI=1S/C24H33N3O4/c1-17-15-26(12-13-27(17)23(28)31-24(2,3)4)22-11-10-20(14-21(22)25)30-16-18-6-8-19(29-5)9-7-18/h6-11,14,17H,12-13,15-16,25H2,1-5H3/t17-/m1/s1. The van der Waals surface area contributed by atoms with Gasteiger partial charge in [0.1, 0.15) is 23.7 Å². The zero-order valence-corrected chi connectivity index (χ0v) is 19.1. The fourth-order valence-electron chi connectivity index (χ4n) is 3.57. The van der Waals surface area contributed by atoms with Crippen molar-refractivity contribution in [1.29, 1.82) is 0 Å². The third-order valence-electron chi connectivity index (χ3n) is 5.16. The molecule has 0 saturated carbocycles. The molecule has 0 spiro atoms. The number of carbonyl (C=O) groups is 1. The Bertz CT molecular complexity index is 893. The first-order valence-corrected chi connectivity index (χ1v) is 10.6. The van der Waals surface area contributed by atoms with Gasteiger partial charge in [0.15, 0.2) is 0 Å². The van der Waals surface area contributed by atoms with Crippen LogP contribution in [0.2, 0.25) is 0 Å². The van der Waals surface area contributed by atoms with Crippen molar-refractivity contribution in [3.05, 3.63) is 48.0 Å². The van der Waals surface area contributed by atoms with Crippen LogP contribution in [0.4, 0.5) is 16.2 Å². The summed E-state index contributed by atoms with van der Waals surface area (Å²) in [6, 6.07) is 13.6. The van der Waals surface area contributed by atoms with Crippen LogP contribution in [-0.4, -0.2) is 49.4 Å². The Kier molecular flexibility index (Phi) is 6.83. The molecule has 2 aromatic rings. The monoisotopic (exact) mass is 427 g/mol. The zero-order valence-electron chi connectivity index (χ0n) is 19.1. The van der Waals surface area contributed by atoms with Crippen LogP contribution in [0.3, 0.4) is 0 Å². The quantitative estimate of drug-likeness (QED) is 0.717. The molecule has 1 atom stereocenters. The first kappa shape index (κ1) is 22.6. The summed E-state index contributed by atoms with van der Waals surface area (Å²) >= 11 is 0. The number of nitrogens with zero attached hydrogens (tertiary/aromatic N) is 2. The molecule has 1 saturated heterocycles. The van der Waals surface area contributed by atoms with Crippen LogP contribution in [0.15, 0.2) is 42.5 Å². The lowest BCUT2D eigenvalue weighted by atomic mass is 10.1. The second-order valence-corrected chi connectivity index (χ2v) is 8.83. The third kappa shape index (κ3) is 5.96. The van der Waals surface area contributed by atoms with Crippen LogP contribution in [-0.2, 0) is 11.3 Å².